The Kier molecular flexibility index (Phi) is 5.88. The molecule has 0 aliphatic heterocycles. The van der Waals surface area contributed by atoms with Crippen LogP contribution in [0, 0.1) is 18.8 Å². The quantitative estimate of drug-likeness (QED) is 0.518. The Labute approximate surface area is 180 Å². The molecular weight excluding hydrogens is 396 g/mol. The van der Waals surface area contributed by atoms with E-state index >= 15 is 0 Å². The van der Waals surface area contributed by atoms with Gasteiger partial charge in [-0.15, -0.1) is 0 Å². The van der Waals surface area contributed by atoms with E-state index in [4.69, 9.17) is 9.15 Å². The van der Waals surface area contributed by atoms with Crippen LogP contribution in [0.15, 0.2) is 47.2 Å². The number of nitrogens with zero attached hydrogens (tertiary/aromatic N) is 4. The highest BCUT2D eigenvalue weighted by atomic mass is 16.5. The predicted molar refractivity (Wildman–Crippen MR) is 113 cm³/mol. The number of hydrogen-bond acceptors (Lipinski definition) is 6. The Morgan fingerprint density at radius 1 is 1.29 bits per heavy atom. The van der Waals surface area contributed by atoms with Gasteiger partial charge in [0.15, 0.2) is 17.8 Å². The number of oxazole rings is 1. The number of carbonyl (C=O) groups excluding carboxylic acids is 2. The van der Waals surface area contributed by atoms with E-state index in [1.54, 1.807) is 16.5 Å². The summed E-state index contributed by atoms with van der Waals surface area (Å²) in [7, 11) is 1.87. The third-order valence-electron chi connectivity index (χ3n) is 5.58. The van der Waals surface area contributed by atoms with E-state index in [1.165, 1.54) is 6.39 Å². The summed E-state index contributed by atoms with van der Waals surface area (Å²) < 4.78 is 12.5. The van der Waals surface area contributed by atoms with Crippen LogP contribution in [0.3, 0.4) is 0 Å². The number of benzene rings is 1. The third-order valence-corrected chi connectivity index (χ3v) is 5.58. The Morgan fingerprint density at radius 2 is 2.06 bits per heavy atom. The van der Waals surface area contributed by atoms with Crippen molar-refractivity contribution in [3.8, 4) is 11.3 Å². The lowest BCUT2D eigenvalue weighted by atomic mass is 10.1. The van der Waals surface area contributed by atoms with Gasteiger partial charge in [-0.1, -0.05) is 30.3 Å². The van der Waals surface area contributed by atoms with E-state index in [0.717, 1.165) is 17.0 Å². The molecule has 0 unspecified atom stereocenters. The summed E-state index contributed by atoms with van der Waals surface area (Å²) in [4.78, 5) is 31.5. The minimum atomic E-state index is -0.245. The van der Waals surface area contributed by atoms with Crippen molar-refractivity contribution in [3.05, 3.63) is 59.9 Å². The van der Waals surface area contributed by atoms with Crippen molar-refractivity contribution in [1.82, 2.24) is 19.7 Å². The average Bonchev–Trinajstić information content (AvgIpc) is 3.22. The maximum Gasteiger partial charge on any atom is 0.309 e. The molecule has 0 saturated heterocycles. The molecule has 4 rings (SSSR count). The van der Waals surface area contributed by atoms with E-state index < -0.39 is 0 Å². The van der Waals surface area contributed by atoms with Crippen molar-refractivity contribution in [1.29, 1.82) is 0 Å². The molecule has 2 heterocycles. The van der Waals surface area contributed by atoms with Gasteiger partial charge >= 0.3 is 5.97 Å². The summed E-state index contributed by atoms with van der Waals surface area (Å²) in [5.41, 5.74) is 2.83. The first-order chi connectivity index (χ1) is 15.0. The third kappa shape index (κ3) is 4.52. The number of amides is 1. The molecular formula is C23H26N4O4. The van der Waals surface area contributed by atoms with Gasteiger partial charge in [-0.25, -0.2) is 4.98 Å². The fraction of sp³-hybridized carbons (Fsp3) is 0.391. The molecule has 0 spiro atoms. The Bertz CT molecular complexity index is 1050. The lowest BCUT2D eigenvalue weighted by Gasteiger charge is -2.21. The van der Waals surface area contributed by atoms with Crippen LogP contribution in [0.5, 0.6) is 0 Å². The molecule has 2 atom stereocenters. The van der Waals surface area contributed by atoms with Crippen LogP contribution in [-0.2, 0) is 23.1 Å². The van der Waals surface area contributed by atoms with Gasteiger partial charge in [0.2, 0.25) is 0 Å². The number of carbonyl (C=O) groups is 2. The summed E-state index contributed by atoms with van der Waals surface area (Å²) in [6, 6.07) is 11.4. The van der Waals surface area contributed by atoms with Gasteiger partial charge in [-0.2, -0.15) is 5.10 Å². The number of rotatable bonds is 8. The maximum atomic E-state index is 13.5. The molecule has 3 aromatic rings. The first kappa shape index (κ1) is 20.8. The summed E-state index contributed by atoms with van der Waals surface area (Å²) in [6.07, 6.45) is 2.01. The van der Waals surface area contributed by atoms with E-state index in [2.05, 4.69) is 10.1 Å². The molecule has 31 heavy (non-hydrogen) atoms. The number of hydrogen-bond donors (Lipinski definition) is 0. The second-order valence-corrected chi connectivity index (χ2v) is 7.84. The molecule has 1 aliphatic rings. The van der Waals surface area contributed by atoms with E-state index in [9.17, 15) is 9.59 Å². The zero-order chi connectivity index (χ0) is 22.0. The van der Waals surface area contributed by atoms with E-state index in [0.29, 0.717) is 31.9 Å². The monoisotopic (exact) mass is 422 g/mol. The van der Waals surface area contributed by atoms with Crippen molar-refractivity contribution in [3.63, 3.8) is 0 Å². The zero-order valence-electron chi connectivity index (χ0n) is 17.9. The number of aromatic nitrogens is 3. The van der Waals surface area contributed by atoms with Crippen LogP contribution in [-0.4, -0.2) is 44.7 Å². The van der Waals surface area contributed by atoms with Crippen LogP contribution in [0.4, 0.5) is 0 Å². The lowest BCUT2D eigenvalue weighted by molar-refractivity contribution is -0.145. The number of esters is 1. The Balaban J connectivity index is 1.58. The van der Waals surface area contributed by atoms with Crippen LogP contribution in [0.1, 0.15) is 35.2 Å². The van der Waals surface area contributed by atoms with Gasteiger partial charge in [0.1, 0.15) is 0 Å². The molecule has 1 amide bonds. The van der Waals surface area contributed by atoms with Gasteiger partial charge < -0.3 is 14.1 Å². The minimum Gasteiger partial charge on any atom is -0.466 e. The smallest absolute Gasteiger partial charge is 0.309 e. The molecule has 1 fully saturated rings. The fourth-order valence-electron chi connectivity index (χ4n) is 3.74. The molecule has 1 saturated carbocycles. The summed E-state index contributed by atoms with van der Waals surface area (Å²) in [5.74, 6) is -0.0949. The van der Waals surface area contributed by atoms with Crippen LogP contribution < -0.4 is 0 Å². The molecule has 8 nitrogen and oxygen atoms in total. The first-order valence-corrected chi connectivity index (χ1v) is 10.4. The first-order valence-electron chi connectivity index (χ1n) is 10.4. The van der Waals surface area contributed by atoms with Gasteiger partial charge in [-0.3, -0.25) is 14.3 Å². The summed E-state index contributed by atoms with van der Waals surface area (Å²) in [5, 5.41) is 4.49. The molecule has 0 bridgehead atoms. The van der Waals surface area contributed by atoms with Crippen LogP contribution >= 0.6 is 0 Å². The highest BCUT2D eigenvalue weighted by Crippen LogP contribution is 2.40. The van der Waals surface area contributed by atoms with E-state index in [1.807, 2.05) is 50.4 Å². The number of ether oxygens (including phenoxy) is 1. The largest absolute Gasteiger partial charge is 0.466 e. The molecule has 1 aliphatic carbocycles. The standard InChI is InChI=1S/C23H26N4O4/c1-4-30-23(29)19-11-17(19)12-27(13-18-10-15(2)26(3)25-18)22(28)20-21(31-14-24-20)16-8-6-5-7-9-16/h5-10,14,17,19H,4,11-13H2,1-3H3/t17-,19-/m1/s1. The second-order valence-electron chi connectivity index (χ2n) is 7.84. The Morgan fingerprint density at radius 3 is 2.74 bits per heavy atom. The molecule has 162 valence electrons. The highest BCUT2D eigenvalue weighted by molar-refractivity contribution is 5.97. The van der Waals surface area contributed by atoms with Crippen molar-refractivity contribution < 1.29 is 18.7 Å². The van der Waals surface area contributed by atoms with Gasteiger partial charge in [0.05, 0.1) is 24.8 Å². The molecule has 8 heteroatoms. The fourth-order valence-corrected chi connectivity index (χ4v) is 3.74. The minimum absolute atomic E-state index is 0.0693. The maximum absolute atomic E-state index is 13.5. The van der Waals surface area contributed by atoms with Gasteiger partial charge in [0, 0.05) is 24.8 Å². The summed E-state index contributed by atoms with van der Waals surface area (Å²) in [6.45, 7) is 4.87. The van der Waals surface area contributed by atoms with Crippen molar-refractivity contribution in [2.24, 2.45) is 18.9 Å². The van der Waals surface area contributed by atoms with Crippen LogP contribution in [0.2, 0.25) is 0 Å². The highest BCUT2D eigenvalue weighted by Gasteiger charge is 2.46. The molecule has 0 N–H and O–H groups in total. The number of aryl methyl sites for hydroxylation is 2. The Hall–Kier alpha value is -3.42. The molecule has 0 radical (unpaired) electrons. The lowest BCUT2D eigenvalue weighted by Crippen LogP contribution is -2.34. The van der Waals surface area contributed by atoms with Crippen molar-refractivity contribution in [2.75, 3.05) is 13.2 Å². The predicted octanol–water partition coefficient (Wildman–Crippen LogP) is 3.23. The van der Waals surface area contributed by atoms with Crippen LogP contribution in [0.25, 0.3) is 11.3 Å². The summed E-state index contributed by atoms with van der Waals surface area (Å²) >= 11 is 0. The average molecular weight is 422 g/mol. The van der Waals surface area contributed by atoms with E-state index in [-0.39, 0.29) is 29.4 Å². The SMILES string of the molecule is CCOC(=O)[C@@H]1C[C@@H]1CN(Cc1cc(C)n(C)n1)C(=O)c1ncoc1-c1ccccc1. The normalized spacial score (nSPS) is 17.4. The van der Waals surface area contributed by atoms with Crippen molar-refractivity contribution >= 4 is 11.9 Å². The van der Waals surface area contributed by atoms with Gasteiger partial charge in [-0.05, 0) is 32.3 Å². The van der Waals surface area contributed by atoms with Gasteiger partial charge in [0.25, 0.3) is 5.91 Å². The molecule has 2 aromatic heterocycles. The van der Waals surface area contributed by atoms with Crippen molar-refractivity contribution in [2.45, 2.75) is 26.8 Å². The topological polar surface area (TPSA) is 90.5 Å². The second kappa shape index (κ2) is 8.75. The molecule has 1 aromatic carbocycles. The zero-order valence-corrected chi connectivity index (χ0v) is 17.9.